The first kappa shape index (κ1) is 59.0. The lowest BCUT2D eigenvalue weighted by Gasteiger charge is -2.22. The number of unbranched alkanes of at least 4 members (excludes halogenated alkanes) is 23. The van der Waals surface area contributed by atoms with Gasteiger partial charge in [0.05, 0.1) is 0 Å². The quantitative estimate of drug-likeness (QED) is 0.0314. The normalized spacial score (nSPS) is 12.4. The van der Waals surface area contributed by atoms with Crippen LogP contribution in [-0.2, 0) is 30.3 Å². The molecule has 2 atom stereocenters. The fourth-order valence-corrected chi connectivity index (χ4v) is 7.94. The fourth-order valence-electron chi connectivity index (χ4n) is 7.62. The maximum Gasteiger partial charge on any atom is 0.306 e. The summed E-state index contributed by atoms with van der Waals surface area (Å²) in [7, 11) is 1.50. The second-order valence-corrected chi connectivity index (χ2v) is 17.5. The summed E-state index contributed by atoms with van der Waals surface area (Å²) >= 11 is -1.96. The molecule has 0 aliphatic heterocycles. The number of carbonyl (C=O) groups is 2. The van der Waals surface area contributed by atoms with Crippen LogP contribution in [0.25, 0.3) is 0 Å². The molecule has 10 heteroatoms. The van der Waals surface area contributed by atoms with E-state index in [9.17, 15) is 13.8 Å². The van der Waals surface area contributed by atoms with E-state index in [4.69, 9.17) is 14.0 Å². The highest BCUT2D eigenvalue weighted by molar-refractivity contribution is 7.77. The highest BCUT2D eigenvalue weighted by Crippen LogP contribution is 2.19. The van der Waals surface area contributed by atoms with E-state index in [1.807, 2.05) is 0 Å². The van der Waals surface area contributed by atoms with Crippen LogP contribution in [0.4, 0.5) is 0 Å². The van der Waals surface area contributed by atoms with Crippen LogP contribution in [0.15, 0.2) is 0 Å². The van der Waals surface area contributed by atoms with Gasteiger partial charge in [-0.2, -0.15) is 0 Å². The van der Waals surface area contributed by atoms with Gasteiger partial charge in [0.25, 0.3) is 0 Å². The van der Waals surface area contributed by atoms with E-state index in [0.717, 1.165) is 122 Å². The van der Waals surface area contributed by atoms with E-state index in [0.29, 0.717) is 19.4 Å². The minimum absolute atomic E-state index is 0. The smallest absolute Gasteiger partial charge is 0.306 e. The van der Waals surface area contributed by atoms with Gasteiger partial charge in [0.2, 0.25) is 11.3 Å². The molecule has 0 spiro atoms. The molecule has 0 aromatic carbocycles. The Hall–Kier alpha value is -1.07. The van der Waals surface area contributed by atoms with Gasteiger partial charge in [-0.25, -0.2) is 8.93 Å². The third kappa shape index (κ3) is 44.5. The Morgan fingerprint density at radius 1 is 0.517 bits per heavy atom. The van der Waals surface area contributed by atoms with Gasteiger partial charge in [-0.3, -0.25) is 14.1 Å². The van der Waals surface area contributed by atoms with Crippen molar-refractivity contribution >= 4 is 23.2 Å². The number of hydrogen-bond donors (Lipinski definition) is 3. The highest BCUT2D eigenvalue weighted by atomic mass is 32.2. The molecule has 0 heterocycles. The van der Waals surface area contributed by atoms with E-state index < -0.39 is 11.3 Å². The van der Waals surface area contributed by atoms with Crippen LogP contribution in [0.1, 0.15) is 255 Å². The number of hydrogen-bond acceptors (Lipinski definition) is 7. The second kappa shape index (κ2) is 48.6. The summed E-state index contributed by atoms with van der Waals surface area (Å²) in [6, 6.07) is 0. The third-order valence-corrected chi connectivity index (χ3v) is 11.7. The van der Waals surface area contributed by atoms with Crippen molar-refractivity contribution in [2.75, 3.05) is 33.2 Å². The molecule has 0 aromatic rings. The van der Waals surface area contributed by atoms with Crippen LogP contribution in [0.5, 0.6) is 0 Å². The Labute approximate surface area is 366 Å². The zero-order valence-corrected chi connectivity index (χ0v) is 40.0. The number of nitrogens with zero attached hydrogens (tertiary/aromatic N) is 1. The van der Waals surface area contributed by atoms with E-state index in [2.05, 4.69) is 43.1 Å². The summed E-state index contributed by atoms with van der Waals surface area (Å²) in [6.45, 7) is 12.4. The number of esters is 2. The Balaban J connectivity index is -0.00000385. The minimum atomic E-state index is -1.96. The molecular formula is C48H103N3O6S. The molecular weight excluding hydrogens is 747 g/mol. The molecule has 0 saturated heterocycles. The predicted octanol–water partition coefficient (Wildman–Crippen LogP) is 13.6. The molecule has 0 saturated carbocycles. The molecule has 0 rings (SSSR count). The van der Waals surface area contributed by atoms with Crippen molar-refractivity contribution in [3.8, 4) is 0 Å². The van der Waals surface area contributed by atoms with Crippen molar-refractivity contribution in [3.05, 3.63) is 0 Å². The summed E-state index contributed by atoms with van der Waals surface area (Å²) in [5, 5.41) is 0. The third-order valence-electron chi connectivity index (χ3n) is 11.3. The molecule has 0 aliphatic carbocycles. The largest absolute Gasteiger partial charge is 0.462 e. The molecule has 9 nitrogen and oxygen atoms in total. The predicted molar refractivity (Wildman–Crippen MR) is 254 cm³/mol. The van der Waals surface area contributed by atoms with E-state index in [1.54, 1.807) is 0 Å². The van der Waals surface area contributed by atoms with Crippen LogP contribution in [0.3, 0.4) is 0 Å². The average molecular weight is 850 g/mol. The Bertz CT molecular complexity index is 879. The van der Waals surface area contributed by atoms with Gasteiger partial charge in [-0.1, -0.05) is 163 Å². The highest BCUT2D eigenvalue weighted by Gasteiger charge is 2.15. The van der Waals surface area contributed by atoms with Gasteiger partial charge >= 0.3 is 11.9 Å². The lowest BCUT2D eigenvalue weighted by molar-refractivity contribution is -0.150. The monoisotopic (exact) mass is 850 g/mol. The van der Waals surface area contributed by atoms with Crippen molar-refractivity contribution in [2.24, 2.45) is 5.73 Å². The molecule has 0 bridgehead atoms. The maximum atomic E-state index is 12.8. The number of carbonyl (C=O) groups excluding carboxylic acids is 2. The topological polar surface area (TPSA) is 131 Å². The zero-order chi connectivity index (χ0) is 43.2. The van der Waals surface area contributed by atoms with Crippen LogP contribution >= 0.6 is 0 Å². The Morgan fingerprint density at radius 3 is 1.24 bits per heavy atom. The number of nitrogens with two attached hydrogens (primary N) is 1. The van der Waals surface area contributed by atoms with Crippen LogP contribution in [-0.4, -0.2) is 71.0 Å². The van der Waals surface area contributed by atoms with Crippen molar-refractivity contribution in [1.82, 2.24) is 9.62 Å². The van der Waals surface area contributed by atoms with Crippen LogP contribution in [0, 0.1) is 0 Å². The molecule has 58 heavy (non-hydrogen) atoms. The Kier molecular flexibility index (Phi) is 49.5. The summed E-state index contributed by atoms with van der Waals surface area (Å²) in [4.78, 5) is 27.7. The van der Waals surface area contributed by atoms with E-state index >= 15 is 0 Å². The van der Waals surface area contributed by atoms with Gasteiger partial charge in [0.1, 0.15) is 12.2 Å². The average Bonchev–Trinajstić information content (AvgIpc) is 3.22. The van der Waals surface area contributed by atoms with Gasteiger partial charge in [0.15, 0.2) is 0 Å². The van der Waals surface area contributed by atoms with Crippen molar-refractivity contribution < 1.29 is 30.7 Å². The molecule has 352 valence electrons. The van der Waals surface area contributed by atoms with E-state index in [-0.39, 0.29) is 27.0 Å². The molecule has 0 aromatic heterocycles. The van der Waals surface area contributed by atoms with E-state index in [1.165, 1.54) is 116 Å². The van der Waals surface area contributed by atoms with Crippen LogP contribution < -0.4 is 10.5 Å². The Morgan fingerprint density at radius 2 is 0.845 bits per heavy atom. The maximum absolute atomic E-state index is 12.8. The number of nitrogens with one attached hydrogen (secondary N) is 1. The number of rotatable bonds is 45. The first-order valence-electron chi connectivity index (χ1n) is 24.9. The van der Waals surface area contributed by atoms with Crippen molar-refractivity contribution in [2.45, 2.75) is 265 Å². The molecule has 0 aliphatic rings. The fraction of sp³-hybridized carbons (Fsp3) is 0.958. The standard InChI is InChI=1S/C47H94N2O6S.CH5N.2H2/c1-5-9-12-15-20-27-35-44(8-4)54-46(50)38-30-23-18-25-32-41-49(43-34-40-48-56(52)53)42-33-26-19-24-31-39-47(51)55-45(36-28-21-16-13-10-6-2)37-29-22-17-14-11-7-3;1-2;;/h44-45,48H,5-43H2,1-4H3,(H,52,53);2H2,1H3;2*1H. The van der Waals surface area contributed by atoms with Gasteiger partial charge in [0, 0.05) is 22.2 Å². The summed E-state index contributed by atoms with van der Waals surface area (Å²) in [6.07, 6.45) is 39.6. The lowest BCUT2D eigenvalue weighted by Crippen LogP contribution is -2.30. The summed E-state index contributed by atoms with van der Waals surface area (Å²) < 4.78 is 34.5. The van der Waals surface area contributed by atoms with Gasteiger partial charge in [-0.05, 0) is 104 Å². The molecule has 2 unspecified atom stereocenters. The first-order valence-corrected chi connectivity index (χ1v) is 26.0. The molecule has 4 N–H and O–H groups in total. The zero-order valence-electron chi connectivity index (χ0n) is 39.2. The lowest BCUT2D eigenvalue weighted by atomic mass is 10.0. The van der Waals surface area contributed by atoms with Crippen molar-refractivity contribution in [3.63, 3.8) is 0 Å². The first-order chi connectivity index (χ1) is 28.4. The molecule has 0 radical (unpaired) electrons. The van der Waals surface area contributed by atoms with Crippen LogP contribution in [0.2, 0.25) is 0 Å². The van der Waals surface area contributed by atoms with Gasteiger partial charge < -0.3 is 20.1 Å². The summed E-state index contributed by atoms with van der Waals surface area (Å²) in [5.41, 5.74) is 4.50. The second-order valence-electron chi connectivity index (χ2n) is 16.7. The summed E-state index contributed by atoms with van der Waals surface area (Å²) in [5.74, 6) is -0.0305. The molecule has 0 fully saturated rings. The van der Waals surface area contributed by atoms with Crippen molar-refractivity contribution in [1.29, 1.82) is 0 Å². The minimum Gasteiger partial charge on any atom is -0.462 e. The SMILES string of the molecule is CCCCCCCCC(CC)OC(=O)CCCCCCCN(CCCCCCCC(=O)OC(CCCCCCCC)CCCCCCCC)CCCNS(=O)O.CN.[HH].[HH]. The molecule has 0 amide bonds. The van der Waals surface area contributed by atoms with Gasteiger partial charge in [-0.15, -0.1) is 0 Å². The number of ether oxygens (including phenoxy) is 2.